The van der Waals surface area contributed by atoms with Crippen LogP contribution in [0, 0.1) is 0 Å². The quantitative estimate of drug-likeness (QED) is 0.0523. The van der Waals surface area contributed by atoms with E-state index in [1.165, 1.54) is 21.6 Å². The van der Waals surface area contributed by atoms with Crippen molar-refractivity contribution in [3.63, 3.8) is 0 Å². The highest BCUT2D eigenvalue weighted by molar-refractivity contribution is 8.76. The summed E-state index contributed by atoms with van der Waals surface area (Å²) in [6.45, 7) is -1.94. The van der Waals surface area contributed by atoms with E-state index in [1.807, 2.05) is 4.98 Å². The number of phosphoric ester groups is 2. The lowest BCUT2D eigenvalue weighted by molar-refractivity contribution is -0.248. The lowest BCUT2D eigenvalue weighted by Gasteiger charge is -2.42. The molecule has 20 nitrogen and oxygen atoms in total. The van der Waals surface area contributed by atoms with E-state index in [0.717, 1.165) is 16.8 Å². The summed E-state index contributed by atoms with van der Waals surface area (Å²) in [6, 6.07) is -0.772. The Morgan fingerprint density at radius 3 is 2.37 bits per heavy atom. The summed E-state index contributed by atoms with van der Waals surface area (Å²) < 4.78 is 49.9. The van der Waals surface area contributed by atoms with Gasteiger partial charge in [0.2, 0.25) is 5.91 Å². The molecule has 0 spiro atoms. The molecule has 3 rings (SSSR count). The number of amides is 1. The van der Waals surface area contributed by atoms with Crippen molar-refractivity contribution in [2.75, 3.05) is 25.2 Å². The van der Waals surface area contributed by atoms with Crippen LogP contribution in [0.5, 0.6) is 0 Å². The number of hydrogen-bond donors (Lipinski definition) is 9. The lowest BCUT2D eigenvalue weighted by atomic mass is 9.97. The number of carbonyl (C=O) groups excluding carboxylic acids is 1. The number of aromatic amines is 1. The summed E-state index contributed by atoms with van der Waals surface area (Å²) in [4.78, 5) is 57.7. The molecule has 2 aliphatic heterocycles. The van der Waals surface area contributed by atoms with Crippen LogP contribution >= 0.6 is 37.2 Å². The van der Waals surface area contributed by atoms with E-state index in [1.54, 1.807) is 6.26 Å². The van der Waals surface area contributed by atoms with Gasteiger partial charge in [-0.2, -0.15) is 4.31 Å². The molecule has 0 aromatic carbocycles. The number of rotatable bonds is 14. The van der Waals surface area contributed by atoms with Gasteiger partial charge < -0.3 is 50.1 Å². The molecule has 3 heterocycles. The van der Waals surface area contributed by atoms with Crippen LogP contribution in [0.25, 0.3) is 0 Å². The first-order valence-electron chi connectivity index (χ1n) is 12.2. The second-order valence-electron chi connectivity index (χ2n) is 9.02. The van der Waals surface area contributed by atoms with Crippen LogP contribution in [0.1, 0.15) is 12.6 Å². The molecule has 9 N–H and O–H groups in total. The number of phosphoric acid groups is 2. The first-order valence-corrected chi connectivity index (χ1v) is 17.9. The van der Waals surface area contributed by atoms with Gasteiger partial charge in [-0.05, 0) is 6.26 Å². The SMILES string of the molecule is CSSCCC(=O)NC1C(OP(=O)(O)OP(=O)(O)OC[C@H]2O[C@@H](n3ccc(=O)[nH]c3=O)[C@@H](O)[C@H]2O)OC(CO)C(O)C1O. The van der Waals surface area contributed by atoms with Crippen LogP contribution < -0.4 is 16.6 Å². The predicted molar refractivity (Wildman–Crippen MR) is 145 cm³/mol. The highest BCUT2D eigenvalue weighted by Crippen LogP contribution is 2.61. The summed E-state index contributed by atoms with van der Waals surface area (Å²) >= 11 is 0. The van der Waals surface area contributed by atoms with E-state index < -0.39 is 101 Å². The summed E-state index contributed by atoms with van der Waals surface area (Å²) in [6.07, 6.45) is -11.4. The first kappa shape index (κ1) is 36.3. The molecular formula is C19H31N3O17P2S2. The number of ether oxygens (including phenoxy) is 2. The minimum atomic E-state index is -5.66. The van der Waals surface area contributed by atoms with Crippen LogP contribution in [-0.2, 0) is 36.8 Å². The van der Waals surface area contributed by atoms with Crippen LogP contribution in [0.4, 0.5) is 0 Å². The topological polar surface area (TPSA) is 306 Å². The molecule has 1 amide bonds. The maximum Gasteiger partial charge on any atom is 0.483 e. The number of H-pyrrole nitrogens is 1. The van der Waals surface area contributed by atoms with Gasteiger partial charge in [-0.25, -0.2) is 13.9 Å². The Hall–Kier alpha value is -1.17. The first-order chi connectivity index (χ1) is 20.1. The monoisotopic (exact) mass is 699 g/mol. The van der Waals surface area contributed by atoms with Gasteiger partial charge in [0.1, 0.15) is 42.7 Å². The maximum absolute atomic E-state index is 12.6. The average molecular weight is 700 g/mol. The van der Waals surface area contributed by atoms with Gasteiger partial charge in [0, 0.05) is 24.4 Å². The number of nitrogens with one attached hydrogen (secondary N) is 2. The number of nitrogens with zero attached hydrogens (tertiary/aromatic N) is 1. The van der Waals surface area contributed by atoms with Crippen LogP contribution in [0.15, 0.2) is 21.9 Å². The molecule has 11 atom stereocenters. The molecule has 7 unspecified atom stereocenters. The fraction of sp³-hybridized carbons (Fsp3) is 0.737. The van der Waals surface area contributed by atoms with Gasteiger partial charge in [-0.3, -0.25) is 28.2 Å². The Kier molecular flexibility index (Phi) is 13.0. The molecule has 2 saturated heterocycles. The molecule has 246 valence electrons. The Bertz CT molecular complexity index is 1320. The minimum Gasteiger partial charge on any atom is -0.394 e. The third-order valence-corrected chi connectivity index (χ3v) is 10.5. The van der Waals surface area contributed by atoms with Crippen LogP contribution in [0.2, 0.25) is 0 Å². The van der Waals surface area contributed by atoms with Gasteiger partial charge in [-0.15, -0.1) is 0 Å². The Morgan fingerprint density at radius 1 is 1.07 bits per heavy atom. The predicted octanol–water partition coefficient (Wildman–Crippen LogP) is -3.27. The molecule has 43 heavy (non-hydrogen) atoms. The average Bonchev–Trinajstić information content (AvgIpc) is 3.19. The third kappa shape index (κ3) is 9.66. The molecule has 0 aliphatic carbocycles. The normalized spacial score (nSPS) is 33.9. The number of aromatic nitrogens is 2. The van der Waals surface area contributed by atoms with Crippen molar-refractivity contribution < 1.29 is 72.1 Å². The smallest absolute Gasteiger partial charge is 0.394 e. The second-order valence-corrected chi connectivity index (χ2v) is 14.7. The van der Waals surface area contributed by atoms with E-state index in [9.17, 15) is 58.8 Å². The molecule has 24 heteroatoms. The number of carbonyl (C=O) groups is 1. The van der Waals surface area contributed by atoms with Crippen molar-refractivity contribution in [1.29, 1.82) is 0 Å². The summed E-state index contributed by atoms with van der Waals surface area (Å²) in [5, 5.41) is 52.8. The summed E-state index contributed by atoms with van der Waals surface area (Å²) in [7, 11) is -8.48. The van der Waals surface area contributed by atoms with Gasteiger partial charge in [0.15, 0.2) is 12.5 Å². The van der Waals surface area contributed by atoms with Gasteiger partial charge >= 0.3 is 21.3 Å². The fourth-order valence-electron chi connectivity index (χ4n) is 4.00. The van der Waals surface area contributed by atoms with Crippen LogP contribution in [0.3, 0.4) is 0 Å². The Balaban J connectivity index is 1.65. The Morgan fingerprint density at radius 2 is 1.74 bits per heavy atom. The van der Waals surface area contributed by atoms with Gasteiger partial charge in [-0.1, -0.05) is 21.6 Å². The van der Waals surface area contributed by atoms with E-state index in [0.29, 0.717) is 5.75 Å². The standard InChI is InChI=1S/C19H31N3O17P2S2/c1-42-43-5-3-11(25)20-12-15(28)13(26)8(6-23)37-18(12)38-41(33,34)39-40(31,32)35-7-9-14(27)16(29)17(36-9)22-4-2-10(24)21-19(22)30/h2,4,8-9,12-18,23,26-29H,3,5-7H2,1H3,(H,20,25)(H,31,32)(H,33,34)(H,21,24,30)/t8?,9-,12?,13?,14+,15?,16+,17-,18?/m1/s1. The molecule has 1 aromatic rings. The van der Waals surface area contributed by atoms with Crippen molar-refractivity contribution in [2.45, 2.75) is 61.6 Å². The zero-order valence-corrected chi connectivity index (χ0v) is 25.5. The van der Waals surface area contributed by atoms with Crippen molar-refractivity contribution in [1.82, 2.24) is 14.9 Å². The zero-order chi connectivity index (χ0) is 32.1. The summed E-state index contributed by atoms with van der Waals surface area (Å²) in [5.74, 6) is -0.336. The van der Waals surface area contributed by atoms with Crippen molar-refractivity contribution >= 4 is 43.1 Å². The highest BCUT2D eigenvalue weighted by Gasteiger charge is 2.50. The van der Waals surface area contributed by atoms with E-state index in [4.69, 9.17) is 14.0 Å². The zero-order valence-electron chi connectivity index (χ0n) is 22.1. The largest absolute Gasteiger partial charge is 0.483 e. The second kappa shape index (κ2) is 15.4. The number of aliphatic hydroxyl groups is 5. The van der Waals surface area contributed by atoms with Gasteiger partial charge in [0.05, 0.1) is 13.2 Å². The van der Waals surface area contributed by atoms with Crippen molar-refractivity contribution in [2.24, 2.45) is 0 Å². The van der Waals surface area contributed by atoms with Gasteiger partial charge in [0.25, 0.3) is 5.56 Å². The van der Waals surface area contributed by atoms with E-state index in [-0.39, 0.29) is 6.42 Å². The molecule has 0 saturated carbocycles. The fourth-order valence-corrected chi connectivity index (χ4v) is 7.35. The minimum absolute atomic E-state index is 0.0740. The molecule has 1 aromatic heterocycles. The third-order valence-electron chi connectivity index (χ3n) is 6.05. The van der Waals surface area contributed by atoms with Crippen molar-refractivity contribution in [3.05, 3.63) is 33.1 Å². The van der Waals surface area contributed by atoms with E-state index in [2.05, 4.69) is 14.2 Å². The van der Waals surface area contributed by atoms with Crippen molar-refractivity contribution in [3.8, 4) is 0 Å². The highest BCUT2D eigenvalue weighted by atomic mass is 33.1. The lowest BCUT2D eigenvalue weighted by Crippen LogP contribution is -2.64. The van der Waals surface area contributed by atoms with E-state index >= 15 is 0 Å². The molecule has 2 fully saturated rings. The maximum atomic E-state index is 12.6. The number of hydrogen-bond acceptors (Lipinski definition) is 17. The Labute approximate surface area is 249 Å². The molecule has 2 aliphatic rings. The number of aliphatic hydroxyl groups excluding tert-OH is 5. The molecular weight excluding hydrogens is 668 g/mol. The summed E-state index contributed by atoms with van der Waals surface area (Å²) in [5.41, 5.74) is -1.75. The molecule has 0 radical (unpaired) electrons. The van der Waals surface area contributed by atoms with Crippen LogP contribution in [-0.4, -0.2) is 125 Å². The molecule has 0 bridgehead atoms.